The molecule has 0 aliphatic carbocycles. The Morgan fingerprint density at radius 1 is 1.05 bits per heavy atom. The highest BCUT2D eigenvalue weighted by Gasteiger charge is 2.23. The Labute approximate surface area is 135 Å². The minimum Gasteiger partial charge on any atom is -0.254 e. The van der Waals surface area contributed by atoms with E-state index in [4.69, 9.17) is 12.2 Å². The van der Waals surface area contributed by atoms with Gasteiger partial charge in [0.15, 0.2) is 4.32 Å². The Hall–Kier alpha value is -1.37. The number of nitrogens with zero attached hydrogens (tertiary/aromatic N) is 1. The zero-order valence-electron chi connectivity index (χ0n) is 11.7. The van der Waals surface area contributed by atoms with E-state index < -0.39 is 10.0 Å². The normalized spacial score (nSPS) is 11.1. The molecule has 0 spiro atoms. The third-order valence-electron chi connectivity index (χ3n) is 2.88. The first-order chi connectivity index (χ1) is 9.91. The van der Waals surface area contributed by atoms with Crippen molar-refractivity contribution in [1.29, 1.82) is 0 Å². The van der Waals surface area contributed by atoms with Crippen molar-refractivity contribution in [1.82, 2.24) is 4.31 Å². The number of hydrogen-bond acceptors (Lipinski definition) is 4. The summed E-state index contributed by atoms with van der Waals surface area (Å²) >= 11 is 6.50. The lowest BCUT2D eigenvalue weighted by Gasteiger charge is -2.19. The van der Waals surface area contributed by atoms with Crippen LogP contribution in [0.2, 0.25) is 0 Å². The molecule has 3 nitrogen and oxygen atoms in total. The minimum absolute atomic E-state index is 0.242. The summed E-state index contributed by atoms with van der Waals surface area (Å²) in [5.74, 6) is 0. The fraction of sp³-hybridized carbons (Fsp3) is 0.133. The van der Waals surface area contributed by atoms with Gasteiger partial charge in [-0.2, -0.15) is 0 Å². The highest BCUT2D eigenvalue weighted by Crippen LogP contribution is 2.24. The number of rotatable bonds is 3. The number of thiocarbonyl (C=S) groups is 1. The lowest BCUT2D eigenvalue weighted by molar-refractivity contribution is 0.556. The summed E-state index contributed by atoms with van der Waals surface area (Å²) in [6, 6.07) is 16.2. The minimum atomic E-state index is -3.60. The second-order valence-corrected chi connectivity index (χ2v) is 8.14. The van der Waals surface area contributed by atoms with E-state index in [-0.39, 0.29) is 4.90 Å². The Bertz CT molecular complexity index is 725. The van der Waals surface area contributed by atoms with Crippen molar-refractivity contribution in [3.63, 3.8) is 0 Å². The van der Waals surface area contributed by atoms with E-state index in [9.17, 15) is 8.42 Å². The van der Waals surface area contributed by atoms with Gasteiger partial charge in [-0.15, -0.1) is 0 Å². The average Bonchev–Trinajstić information content (AvgIpc) is 2.48. The predicted octanol–water partition coefficient (Wildman–Crippen LogP) is 3.69. The number of hydrogen-bond donors (Lipinski definition) is 0. The van der Waals surface area contributed by atoms with Crippen molar-refractivity contribution in [2.24, 2.45) is 0 Å². The average molecular weight is 337 g/mol. The third kappa shape index (κ3) is 3.84. The Morgan fingerprint density at radius 3 is 2.19 bits per heavy atom. The van der Waals surface area contributed by atoms with Gasteiger partial charge in [0, 0.05) is 11.9 Å². The van der Waals surface area contributed by atoms with E-state index in [1.807, 2.05) is 37.3 Å². The van der Waals surface area contributed by atoms with Crippen LogP contribution in [0.3, 0.4) is 0 Å². The smallest absolute Gasteiger partial charge is 0.254 e. The Kier molecular flexibility index (Phi) is 5.03. The van der Waals surface area contributed by atoms with Crippen molar-refractivity contribution in [3.8, 4) is 0 Å². The molecule has 0 saturated carbocycles. The van der Waals surface area contributed by atoms with Gasteiger partial charge in [-0.25, -0.2) is 8.42 Å². The number of aryl methyl sites for hydroxylation is 1. The zero-order chi connectivity index (χ0) is 15.5. The van der Waals surface area contributed by atoms with E-state index in [2.05, 4.69) is 0 Å². The Balaban J connectivity index is 2.20. The molecular formula is C15H15NO2S3. The molecule has 0 radical (unpaired) electrons. The molecular weight excluding hydrogens is 322 g/mol. The molecule has 0 aromatic heterocycles. The van der Waals surface area contributed by atoms with Crippen molar-refractivity contribution < 1.29 is 8.42 Å². The largest absolute Gasteiger partial charge is 0.265 e. The molecule has 110 valence electrons. The van der Waals surface area contributed by atoms with Crippen LogP contribution in [0.25, 0.3) is 0 Å². The number of sulfonamides is 1. The van der Waals surface area contributed by atoms with Gasteiger partial charge in [0.25, 0.3) is 10.0 Å². The molecule has 0 N–H and O–H groups in total. The summed E-state index contributed by atoms with van der Waals surface area (Å²) in [4.78, 5) is 1.15. The number of benzene rings is 2. The van der Waals surface area contributed by atoms with Gasteiger partial charge in [0.05, 0.1) is 4.90 Å². The molecule has 6 heteroatoms. The molecule has 0 heterocycles. The molecule has 2 aromatic rings. The first-order valence-electron chi connectivity index (χ1n) is 6.24. The molecule has 0 fully saturated rings. The maximum Gasteiger partial charge on any atom is 0.265 e. The topological polar surface area (TPSA) is 37.4 Å². The van der Waals surface area contributed by atoms with Crippen LogP contribution < -0.4 is 0 Å². The summed E-state index contributed by atoms with van der Waals surface area (Å²) < 4.78 is 26.4. The molecule has 0 aliphatic rings. The second kappa shape index (κ2) is 6.60. The molecule has 2 aromatic carbocycles. The Morgan fingerprint density at radius 2 is 1.62 bits per heavy atom. The van der Waals surface area contributed by atoms with E-state index >= 15 is 0 Å². The molecule has 0 unspecified atom stereocenters. The van der Waals surface area contributed by atoms with Crippen LogP contribution in [0.5, 0.6) is 0 Å². The van der Waals surface area contributed by atoms with Crippen LogP contribution in [0.15, 0.2) is 64.4 Å². The maximum atomic E-state index is 12.5. The summed E-state index contributed by atoms with van der Waals surface area (Å²) in [6.45, 7) is 1.91. The molecule has 2 rings (SSSR count). The van der Waals surface area contributed by atoms with E-state index in [1.165, 1.54) is 18.8 Å². The van der Waals surface area contributed by atoms with Crippen LogP contribution in [-0.4, -0.2) is 24.1 Å². The molecule has 0 bridgehead atoms. The fourth-order valence-corrected chi connectivity index (χ4v) is 4.23. The van der Waals surface area contributed by atoms with Gasteiger partial charge < -0.3 is 0 Å². The van der Waals surface area contributed by atoms with E-state index in [0.29, 0.717) is 4.32 Å². The summed E-state index contributed by atoms with van der Waals surface area (Å²) in [5, 5.41) is 0. The SMILES string of the molecule is Cc1ccc(S(=O)(=O)N(C)C(=S)Sc2ccccc2)cc1. The van der Waals surface area contributed by atoms with E-state index in [1.54, 1.807) is 24.3 Å². The fourth-order valence-electron chi connectivity index (χ4n) is 1.62. The van der Waals surface area contributed by atoms with Gasteiger partial charge in [0.1, 0.15) is 0 Å². The quantitative estimate of drug-likeness (QED) is 0.632. The first-order valence-corrected chi connectivity index (χ1v) is 8.90. The lowest BCUT2D eigenvalue weighted by Crippen LogP contribution is -2.30. The summed E-state index contributed by atoms with van der Waals surface area (Å²) in [6.07, 6.45) is 0. The maximum absolute atomic E-state index is 12.5. The van der Waals surface area contributed by atoms with Crippen LogP contribution in [-0.2, 0) is 10.0 Å². The number of thioether (sulfide) groups is 1. The monoisotopic (exact) mass is 337 g/mol. The van der Waals surface area contributed by atoms with Crippen molar-refractivity contribution in [2.45, 2.75) is 16.7 Å². The standard InChI is InChI=1S/C15H15NO2S3/c1-12-8-10-14(11-9-12)21(17,18)16(2)15(19)20-13-6-4-3-5-7-13/h3-11H,1-2H3. The van der Waals surface area contributed by atoms with Gasteiger partial charge in [0.2, 0.25) is 0 Å². The van der Waals surface area contributed by atoms with Gasteiger partial charge in [-0.05, 0) is 31.2 Å². The van der Waals surface area contributed by atoms with Crippen molar-refractivity contribution >= 4 is 38.3 Å². The van der Waals surface area contributed by atoms with Crippen LogP contribution in [0.4, 0.5) is 0 Å². The van der Waals surface area contributed by atoms with Crippen LogP contribution in [0.1, 0.15) is 5.56 Å². The third-order valence-corrected chi connectivity index (χ3v) is 6.37. The van der Waals surface area contributed by atoms with E-state index in [0.717, 1.165) is 14.8 Å². The van der Waals surface area contributed by atoms with Crippen molar-refractivity contribution in [3.05, 3.63) is 60.2 Å². The zero-order valence-corrected chi connectivity index (χ0v) is 14.1. The molecule has 0 amide bonds. The van der Waals surface area contributed by atoms with Crippen LogP contribution >= 0.6 is 24.0 Å². The highest BCUT2D eigenvalue weighted by atomic mass is 32.2. The second-order valence-electron chi connectivity index (χ2n) is 4.47. The lowest BCUT2D eigenvalue weighted by atomic mass is 10.2. The summed E-state index contributed by atoms with van der Waals surface area (Å²) in [7, 11) is -2.12. The molecule has 0 atom stereocenters. The summed E-state index contributed by atoms with van der Waals surface area (Å²) in [5.41, 5.74) is 1.01. The van der Waals surface area contributed by atoms with Crippen LogP contribution in [0, 0.1) is 6.92 Å². The van der Waals surface area contributed by atoms with Gasteiger partial charge in [-0.3, -0.25) is 4.31 Å². The molecule has 21 heavy (non-hydrogen) atoms. The predicted molar refractivity (Wildman–Crippen MR) is 91.0 cm³/mol. The van der Waals surface area contributed by atoms with Crippen molar-refractivity contribution in [2.75, 3.05) is 7.05 Å². The van der Waals surface area contributed by atoms with Gasteiger partial charge in [-0.1, -0.05) is 59.9 Å². The van der Waals surface area contributed by atoms with Gasteiger partial charge >= 0.3 is 0 Å². The molecule has 0 aliphatic heterocycles. The highest BCUT2D eigenvalue weighted by molar-refractivity contribution is 8.23. The molecule has 0 saturated heterocycles. The first kappa shape index (κ1) is 16.0.